The number of hydrogen-bond donors (Lipinski definition) is 1. The van der Waals surface area contributed by atoms with E-state index in [0.29, 0.717) is 23.1 Å². The van der Waals surface area contributed by atoms with Gasteiger partial charge in [0, 0.05) is 43.5 Å². The summed E-state index contributed by atoms with van der Waals surface area (Å²) in [5, 5.41) is 10.6. The van der Waals surface area contributed by atoms with Crippen molar-refractivity contribution >= 4 is 21.9 Å². The number of halogens is 1. The topological polar surface area (TPSA) is 79.0 Å². The molecular weight excluding hydrogens is 381 g/mol. The molecule has 1 aliphatic rings. The van der Waals surface area contributed by atoms with Crippen LogP contribution in [-0.2, 0) is 6.54 Å². The summed E-state index contributed by atoms with van der Waals surface area (Å²) in [4.78, 5) is 21.0. The summed E-state index contributed by atoms with van der Waals surface area (Å²) >= 11 is 0. The largest absolute Gasteiger partial charge is 0.343 e. The van der Waals surface area contributed by atoms with Gasteiger partial charge < -0.3 is 4.57 Å². The van der Waals surface area contributed by atoms with Gasteiger partial charge in [0.25, 0.3) is 5.65 Å². The minimum absolute atomic E-state index is 0.00864. The van der Waals surface area contributed by atoms with E-state index in [4.69, 9.17) is 5.26 Å². The molecule has 4 aromatic rings. The first-order chi connectivity index (χ1) is 14.6. The Balaban J connectivity index is 1.39. The third kappa shape index (κ3) is 3.15. The van der Waals surface area contributed by atoms with Gasteiger partial charge in [-0.3, -0.25) is 9.69 Å². The molecule has 0 amide bonds. The zero-order valence-electron chi connectivity index (χ0n) is 16.4. The van der Waals surface area contributed by atoms with Crippen molar-refractivity contribution in [3.8, 4) is 6.07 Å². The van der Waals surface area contributed by atoms with Gasteiger partial charge >= 0.3 is 0 Å². The van der Waals surface area contributed by atoms with Crippen LogP contribution in [0.3, 0.4) is 0 Å². The first kappa shape index (κ1) is 18.5. The Morgan fingerprint density at radius 2 is 2.03 bits per heavy atom. The molecule has 1 aromatic carbocycles. The lowest BCUT2D eigenvalue weighted by molar-refractivity contribution is -0.345. The molecule has 0 aliphatic carbocycles. The molecule has 1 aliphatic heterocycles. The maximum Gasteiger partial charge on any atom is 0.286 e. The number of rotatable bonds is 3. The van der Waals surface area contributed by atoms with Crippen LogP contribution in [0.2, 0.25) is 0 Å². The Bertz CT molecular complexity index is 1340. The number of nitrogens with zero attached hydrogens (tertiary/aromatic N) is 3. The SMILES string of the molecule is N#Cc1ccc(CN2CCC(n3ccc(=O)c4c[nH+]c5[nH]ccc5c43)CC2)c(F)c1. The molecule has 1 saturated heterocycles. The standard InChI is InChI=1S/C23H20FN5O/c24-20-11-15(12-25)1-2-16(20)14-28-8-4-17(5-9-28)29-10-6-21(30)19-13-27-23-18(22(19)29)3-7-26-23/h1-3,6-7,10-11,13,17H,4-5,8-9,14H2,(H,26,27)/p+1. The average molecular weight is 402 g/mol. The lowest BCUT2D eigenvalue weighted by Gasteiger charge is -2.34. The first-order valence-corrected chi connectivity index (χ1v) is 10.1. The molecule has 3 aromatic heterocycles. The van der Waals surface area contributed by atoms with Crippen LogP contribution >= 0.6 is 0 Å². The molecule has 2 N–H and O–H groups in total. The Kier molecular flexibility index (Phi) is 4.57. The average Bonchev–Trinajstić information content (AvgIpc) is 3.25. The van der Waals surface area contributed by atoms with Crippen LogP contribution in [0.1, 0.15) is 30.0 Å². The lowest BCUT2D eigenvalue weighted by atomic mass is 10.0. The third-order valence-corrected chi connectivity index (χ3v) is 6.05. The van der Waals surface area contributed by atoms with E-state index in [1.807, 2.05) is 24.5 Å². The zero-order valence-corrected chi connectivity index (χ0v) is 16.4. The highest BCUT2D eigenvalue weighted by atomic mass is 19.1. The van der Waals surface area contributed by atoms with Gasteiger partial charge in [-0.05, 0) is 31.0 Å². The number of nitriles is 1. The molecule has 4 heterocycles. The van der Waals surface area contributed by atoms with Crippen molar-refractivity contribution < 1.29 is 9.37 Å². The molecule has 0 spiro atoms. The number of piperidine rings is 1. The maximum atomic E-state index is 14.2. The fourth-order valence-corrected chi connectivity index (χ4v) is 4.47. The summed E-state index contributed by atoms with van der Waals surface area (Å²) < 4.78 is 16.5. The summed E-state index contributed by atoms with van der Waals surface area (Å²) in [5.41, 5.74) is 2.82. The lowest BCUT2D eigenvalue weighted by Crippen LogP contribution is -2.34. The number of nitrogens with one attached hydrogen (secondary N) is 2. The van der Waals surface area contributed by atoms with Crippen molar-refractivity contribution in [2.75, 3.05) is 13.1 Å². The van der Waals surface area contributed by atoms with Gasteiger partial charge in [-0.15, -0.1) is 0 Å². The highest BCUT2D eigenvalue weighted by molar-refractivity contribution is 6.00. The summed E-state index contributed by atoms with van der Waals surface area (Å²) in [5.74, 6) is -0.325. The van der Waals surface area contributed by atoms with Crippen LogP contribution < -0.4 is 10.4 Å². The van der Waals surface area contributed by atoms with Crippen LogP contribution in [0.4, 0.5) is 4.39 Å². The molecule has 0 unspecified atom stereocenters. The van der Waals surface area contributed by atoms with Gasteiger partial charge in [0.1, 0.15) is 12.0 Å². The molecule has 7 heteroatoms. The molecule has 6 nitrogen and oxygen atoms in total. The maximum absolute atomic E-state index is 14.2. The van der Waals surface area contributed by atoms with Crippen molar-refractivity contribution in [3.63, 3.8) is 0 Å². The number of likely N-dealkylation sites (tertiary alicyclic amines) is 1. The van der Waals surface area contributed by atoms with Gasteiger partial charge in [-0.25, -0.2) is 14.4 Å². The van der Waals surface area contributed by atoms with Gasteiger partial charge in [0.05, 0.1) is 34.1 Å². The second-order valence-electron chi connectivity index (χ2n) is 7.83. The van der Waals surface area contributed by atoms with Crippen LogP contribution in [0.15, 0.2) is 53.7 Å². The molecule has 150 valence electrons. The number of aromatic amines is 2. The predicted molar refractivity (Wildman–Crippen MR) is 111 cm³/mol. The van der Waals surface area contributed by atoms with Gasteiger partial charge in [0.2, 0.25) is 0 Å². The Labute approximate surface area is 172 Å². The number of fused-ring (bicyclic) bond motifs is 3. The summed E-state index contributed by atoms with van der Waals surface area (Å²) in [6.07, 6.45) is 7.38. The molecule has 5 rings (SSSR count). The van der Waals surface area contributed by atoms with E-state index in [9.17, 15) is 9.18 Å². The van der Waals surface area contributed by atoms with E-state index in [0.717, 1.165) is 42.5 Å². The summed E-state index contributed by atoms with van der Waals surface area (Å²) in [6, 6.07) is 10.5. The summed E-state index contributed by atoms with van der Waals surface area (Å²) in [6.45, 7) is 2.21. The first-order valence-electron chi connectivity index (χ1n) is 10.1. The number of aromatic nitrogens is 3. The van der Waals surface area contributed by atoms with E-state index < -0.39 is 0 Å². The van der Waals surface area contributed by atoms with Crippen LogP contribution in [-0.4, -0.2) is 27.5 Å². The van der Waals surface area contributed by atoms with Crippen LogP contribution in [0.25, 0.3) is 21.9 Å². The van der Waals surface area contributed by atoms with Crippen molar-refractivity contribution in [3.05, 3.63) is 76.1 Å². The number of H-pyrrole nitrogens is 2. The number of pyridine rings is 2. The highest BCUT2D eigenvalue weighted by Gasteiger charge is 2.23. The minimum atomic E-state index is -0.325. The van der Waals surface area contributed by atoms with E-state index >= 15 is 0 Å². The second-order valence-corrected chi connectivity index (χ2v) is 7.83. The van der Waals surface area contributed by atoms with Crippen molar-refractivity contribution in [1.82, 2.24) is 14.5 Å². The van der Waals surface area contributed by atoms with Crippen molar-refractivity contribution in [1.29, 1.82) is 5.26 Å². The normalized spacial score (nSPS) is 15.6. The highest BCUT2D eigenvalue weighted by Crippen LogP contribution is 2.29. The van der Waals surface area contributed by atoms with E-state index in [1.165, 1.54) is 6.07 Å². The van der Waals surface area contributed by atoms with Gasteiger partial charge in [-0.2, -0.15) is 5.26 Å². The fraction of sp³-hybridized carbons (Fsp3) is 0.261. The molecule has 0 atom stereocenters. The van der Waals surface area contributed by atoms with Crippen molar-refractivity contribution in [2.45, 2.75) is 25.4 Å². The smallest absolute Gasteiger partial charge is 0.286 e. The Morgan fingerprint density at radius 1 is 1.20 bits per heavy atom. The fourth-order valence-electron chi connectivity index (χ4n) is 4.47. The minimum Gasteiger partial charge on any atom is -0.343 e. The molecular formula is C23H21FN5O+. The Hall–Kier alpha value is -3.50. The molecule has 0 radical (unpaired) electrons. The van der Waals surface area contributed by atoms with Gasteiger partial charge in [-0.1, -0.05) is 6.07 Å². The predicted octanol–water partition coefficient (Wildman–Crippen LogP) is 3.14. The molecule has 0 bridgehead atoms. The monoisotopic (exact) mass is 402 g/mol. The Morgan fingerprint density at radius 3 is 2.80 bits per heavy atom. The third-order valence-electron chi connectivity index (χ3n) is 6.05. The second kappa shape index (κ2) is 7.39. The van der Waals surface area contributed by atoms with E-state index in [1.54, 1.807) is 24.4 Å². The zero-order chi connectivity index (χ0) is 20.7. The van der Waals surface area contributed by atoms with E-state index in [2.05, 4.69) is 19.4 Å². The van der Waals surface area contributed by atoms with Gasteiger partial charge in [0.15, 0.2) is 5.43 Å². The van der Waals surface area contributed by atoms with Crippen LogP contribution in [0.5, 0.6) is 0 Å². The van der Waals surface area contributed by atoms with Crippen LogP contribution in [0, 0.1) is 17.1 Å². The van der Waals surface area contributed by atoms with E-state index in [-0.39, 0.29) is 17.3 Å². The number of benzene rings is 1. The summed E-state index contributed by atoms with van der Waals surface area (Å²) in [7, 11) is 0. The molecule has 30 heavy (non-hydrogen) atoms. The number of hydrogen-bond acceptors (Lipinski definition) is 3. The van der Waals surface area contributed by atoms with Crippen molar-refractivity contribution in [2.24, 2.45) is 0 Å². The molecule has 1 fully saturated rings. The quantitative estimate of drug-likeness (QED) is 0.572. The molecule has 0 saturated carbocycles.